The molecule has 0 aromatic carbocycles. The van der Waals surface area contributed by atoms with Crippen LogP contribution in [0, 0.1) is 0 Å². The SMILES string of the molecule is CC[C@]1(OC(N)=O)CC[C@H](Nc2ccc3ncc(-c4ccncc4)n3n2)CC1. The average molecular weight is 380 g/mol. The summed E-state index contributed by atoms with van der Waals surface area (Å²) in [6.07, 6.45) is 8.78. The molecular weight excluding hydrogens is 356 g/mol. The number of pyridine rings is 1. The third kappa shape index (κ3) is 3.62. The number of amides is 1. The van der Waals surface area contributed by atoms with Crippen LogP contribution in [0.3, 0.4) is 0 Å². The zero-order chi connectivity index (χ0) is 19.6. The number of imidazole rings is 1. The van der Waals surface area contributed by atoms with Gasteiger partial charge < -0.3 is 15.8 Å². The van der Waals surface area contributed by atoms with E-state index in [2.05, 4.69) is 15.3 Å². The van der Waals surface area contributed by atoms with Crippen molar-refractivity contribution in [1.82, 2.24) is 19.6 Å². The second-order valence-corrected chi connectivity index (χ2v) is 7.24. The Labute approximate surface area is 163 Å². The Balaban J connectivity index is 1.49. The van der Waals surface area contributed by atoms with Gasteiger partial charge in [0.05, 0.1) is 11.9 Å². The Morgan fingerprint density at radius 3 is 2.71 bits per heavy atom. The minimum atomic E-state index is -0.691. The first-order chi connectivity index (χ1) is 13.6. The lowest BCUT2D eigenvalue weighted by molar-refractivity contribution is -0.0169. The summed E-state index contributed by atoms with van der Waals surface area (Å²) in [5.74, 6) is 0.797. The number of primary amides is 1. The van der Waals surface area contributed by atoms with E-state index in [0.717, 1.165) is 54.8 Å². The van der Waals surface area contributed by atoms with Crippen molar-refractivity contribution in [3.05, 3.63) is 42.9 Å². The Bertz CT molecular complexity index is 963. The van der Waals surface area contributed by atoms with E-state index < -0.39 is 11.7 Å². The van der Waals surface area contributed by atoms with Gasteiger partial charge in [-0.25, -0.2) is 14.3 Å². The summed E-state index contributed by atoms with van der Waals surface area (Å²) >= 11 is 0. The number of fused-ring (bicyclic) bond motifs is 1. The van der Waals surface area contributed by atoms with Crippen molar-refractivity contribution in [3.8, 4) is 11.3 Å². The number of aromatic nitrogens is 4. The van der Waals surface area contributed by atoms with Crippen LogP contribution in [-0.2, 0) is 4.74 Å². The Hall–Kier alpha value is -3.16. The van der Waals surface area contributed by atoms with Crippen LogP contribution in [0.4, 0.5) is 10.6 Å². The molecule has 28 heavy (non-hydrogen) atoms. The molecule has 3 heterocycles. The molecule has 3 aromatic heterocycles. The molecule has 1 fully saturated rings. The lowest BCUT2D eigenvalue weighted by Gasteiger charge is -2.38. The molecule has 1 amide bonds. The van der Waals surface area contributed by atoms with Crippen LogP contribution < -0.4 is 11.1 Å². The molecule has 8 heteroatoms. The number of anilines is 1. The summed E-state index contributed by atoms with van der Waals surface area (Å²) in [5.41, 5.74) is 7.55. The van der Waals surface area contributed by atoms with Crippen LogP contribution in [0.25, 0.3) is 16.9 Å². The standard InChI is InChI=1S/C20H24N6O2/c1-2-20(28-19(21)27)9-5-15(6-10-20)24-17-3-4-18-23-13-16(26(18)25-17)14-7-11-22-12-8-14/h3-4,7-8,11-13,15H,2,5-6,9-10H2,1H3,(H2,21,27)(H,24,25)/t15-,20-. The van der Waals surface area contributed by atoms with Crippen LogP contribution in [0.5, 0.6) is 0 Å². The molecular formula is C20H24N6O2. The van der Waals surface area contributed by atoms with Gasteiger partial charge in [-0.15, -0.1) is 5.10 Å². The predicted octanol–water partition coefficient (Wildman–Crippen LogP) is 3.39. The van der Waals surface area contributed by atoms with Gasteiger partial charge in [0.15, 0.2) is 5.65 Å². The van der Waals surface area contributed by atoms with Crippen molar-refractivity contribution in [2.24, 2.45) is 5.73 Å². The molecule has 0 aliphatic heterocycles. The van der Waals surface area contributed by atoms with Crippen molar-refractivity contribution < 1.29 is 9.53 Å². The van der Waals surface area contributed by atoms with Gasteiger partial charge in [0.25, 0.3) is 0 Å². The van der Waals surface area contributed by atoms with Crippen molar-refractivity contribution in [1.29, 1.82) is 0 Å². The summed E-state index contributed by atoms with van der Waals surface area (Å²) in [4.78, 5) is 19.7. The van der Waals surface area contributed by atoms with E-state index >= 15 is 0 Å². The molecule has 0 radical (unpaired) electrons. The summed E-state index contributed by atoms with van der Waals surface area (Å²) in [6.45, 7) is 2.03. The molecule has 1 aliphatic carbocycles. The smallest absolute Gasteiger partial charge is 0.405 e. The van der Waals surface area contributed by atoms with E-state index in [0.29, 0.717) is 0 Å². The molecule has 3 N–H and O–H groups in total. The Morgan fingerprint density at radius 2 is 2.04 bits per heavy atom. The van der Waals surface area contributed by atoms with Gasteiger partial charge in [-0.2, -0.15) is 0 Å². The van der Waals surface area contributed by atoms with E-state index in [-0.39, 0.29) is 6.04 Å². The molecule has 0 atom stereocenters. The molecule has 8 nitrogen and oxygen atoms in total. The van der Waals surface area contributed by atoms with Crippen molar-refractivity contribution >= 4 is 17.6 Å². The molecule has 3 aromatic rings. The van der Waals surface area contributed by atoms with Crippen LogP contribution in [0.1, 0.15) is 39.0 Å². The van der Waals surface area contributed by atoms with Gasteiger partial charge in [0.2, 0.25) is 0 Å². The molecule has 0 spiro atoms. The highest BCUT2D eigenvalue weighted by atomic mass is 16.6. The first-order valence-electron chi connectivity index (χ1n) is 9.59. The van der Waals surface area contributed by atoms with E-state index in [9.17, 15) is 4.79 Å². The summed E-state index contributed by atoms with van der Waals surface area (Å²) in [5, 5.41) is 8.24. The normalized spacial score (nSPS) is 22.1. The van der Waals surface area contributed by atoms with Gasteiger partial charge in [0, 0.05) is 24.0 Å². The van der Waals surface area contributed by atoms with Gasteiger partial charge in [-0.05, 0) is 56.4 Å². The highest BCUT2D eigenvalue weighted by Crippen LogP contribution is 2.35. The first-order valence-corrected chi connectivity index (χ1v) is 9.59. The lowest BCUT2D eigenvalue weighted by atomic mass is 9.80. The van der Waals surface area contributed by atoms with Gasteiger partial charge >= 0.3 is 6.09 Å². The second-order valence-electron chi connectivity index (χ2n) is 7.24. The third-order valence-electron chi connectivity index (χ3n) is 5.55. The maximum atomic E-state index is 11.2. The number of ether oxygens (including phenoxy) is 1. The van der Waals surface area contributed by atoms with Crippen LogP contribution >= 0.6 is 0 Å². The van der Waals surface area contributed by atoms with E-state index in [4.69, 9.17) is 15.6 Å². The number of nitrogens with zero attached hydrogens (tertiary/aromatic N) is 4. The summed E-state index contributed by atoms with van der Waals surface area (Å²) < 4.78 is 7.26. The van der Waals surface area contributed by atoms with E-state index in [1.165, 1.54) is 0 Å². The highest BCUT2D eigenvalue weighted by molar-refractivity contribution is 5.65. The third-order valence-corrected chi connectivity index (χ3v) is 5.55. The van der Waals surface area contributed by atoms with Crippen LogP contribution in [-0.4, -0.2) is 37.3 Å². The first kappa shape index (κ1) is 18.2. The molecule has 0 bridgehead atoms. The lowest BCUT2D eigenvalue weighted by Crippen LogP contribution is -2.42. The quantitative estimate of drug-likeness (QED) is 0.702. The topological polar surface area (TPSA) is 107 Å². The van der Waals surface area contributed by atoms with Crippen molar-refractivity contribution in [2.75, 3.05) is 5.32 Å². The van der Waals surface area contributed by atoms with Crippen LogP contribution in [0.2, 0.25) is 0 Å². The molecule has 146 valence electrons. The summed E-state index contributed by atoms with van der Waals surface area (Å²) in [6, 6.07) is 8.05. The predicted molar refractivity (Wildman–Crippen MR) is 106 cm³/mol. The Kier molecular flexibility index (Phi) is 4.85. The fourth-order valence-electron chi connectivity index (χ4n) is 3.91. The molecule has 1 aliphatic rings. The van der Waals surface area contributed by atoms with Crippen LogP contribution in [0.15, 0.2) is 42.9 Å². The van der Waals surface area contributed by atoms with Gasteiger partial charge in [0.1, 0.15) is 11.4 Å². The summed E-state index contributed by atoms with van der Waals surface area (Å²) in [7, 11) is 0. The number of hydrogen-bond acceptors (Lipinski definition) is 6. The fourth-order valence-corrected chi connectivity index (χ4v) is 3.91. The minimum Gasteiger partial charge on any atom is -0.443 e. The monoisotopic (exact) mass is 380 g/mol. The zero-order valence-corrected chi connectivity index (χ0v) is 15.8. The number of carbonyl (C=O) groups is 1. The fraction of sp³-hybridized carbons (Fsp3) is 0.400. The highest BCUT2D eigenvalue weighted by Gasteiger charge is 2.37. The molecule has 0 saturated heterocycles. The zero-order valence-electron chi connectivity index (χ0n) is 15.8. The maximum Gasteiger partial charge on any atom is 0.405 e. The number of nitrogens with one attached hydrogen (secondary N) is 1. The molecule has 0 unspecified atom stereocenters. The largest absolute Gasteiger partial charge is 0.443 e. The van der Waals surface area contributed by atoms with Crippen molar-refractivity contribution in [3.63, 3.8) is 0 Å². The van der Waals surface area contributed by atoms with E-state index in [1.54, 1.807) is 12.4 Å². The number of nitrogens with two attached hydrogens (primary N) is 1. The maximum absolute atomic E-state index is 11.2. The number of carbonyl (C=O) groups excluding carboxylic acids is 1. The van der Waals surface area contributed by atoms with Gasteiger partial charge in [-0.1, -0.05) is 6.92 Å². The second kappa shape index (κ2) is 7.46. The minimum absolute atomic E-state index is 0.272. The molecule has 4 rings (SSSR count). The number of hydrogen-bond donors (Lipinski definition) is 2. The van der Waals surface area contributed by atoms with E-state index in [1.807, 2.05) is 41.9 Å². The Morgan fingerprint density at radius 1 is 1.29 bits per heavy atom. The average Bonchev–Trinajstić information content (AvgIpc) is 3.13. The molecule has 1 saturated carbocycles. The number of rotatable bonds is 5. The van der Waals surface area contributed by atoms with Crippen molar-refractivity contribution in [2.45, 2.75) is 50.7 Å². The van der Waals surface area contributed by atoms with Gasteiger partial charge in [-0.3, -0.25) is 4.98 Å².